The number of benzene rings is 1. The number of hydrogen-bond acceptors (Lipinski definition) is 7. The van der Waals surface area contributed by atoms with Gasteiger partial charge in [-0.05, 0) is 31.0 Å². The normalized spacial score (nSPS) is 16.8. The van der Waals surface area contributed by atoms with Crippen molar-refractivity contribution >= 4 is 38.1 Å². The molecule has 1 N–H and O–H groups in total. The first-order valence-corrected chi connectivity index (χ1v) is 10.9. The van der Waals surface area contributed by atoms with Crippen LogP contribution in [-0.2, 0) is 21.2 Å². The van der Waals surface area contributed by atoms with Gasteiger partial charge in [-0.15, -0.1) is 10.2 Å². The average Bonchev–Trinajstić information content (AvgIpc) is 2.98. The summed E-state index contributed by atoms with van der Waals surface area (Å²) in [6, 6.07) is 4.47. The Hall–Kier alpha value is -2.20. The van der Waals surface area contributed by atoms with Crippen LogP contribution < -0.4 is 14.4 Å². The minimum atomic E-state index is -3.86. The van der Waals surface area contributed by atoms with E-state index in [2.05, 4.69) is 28.8 Å². The van der Waals surface area contributed by atoms with E-state index in [1.165, 1.54) is 35.3 Å². The van der Waals surface area contributed by atoms with E-state index in [1.807, 2.05) is 6.92 Å². The van der Waals surface area contributed by atoms with Crippen molar-refractivity contribution < 1.29 is 17.9 Å². The van der Waals surface area contributed by atoms with Crippen LogP contribution in [0.5, 0.6) is 5.75 Å². The molecule has 0 fully saturated rings. The molecule has 2 heterocycles. The molecule has 0 radical (unpaired) electrons. The lowest BCUT2D eigenvalue weighted by atomic mass is 10.1. The van der Waals surface area contributed by atoms with Crippen LogP contribution in [-0.4, -0.2) is 37.2 Å². The van der Waals surface area contributed by atoms with E-state index in [9.17, 15) is 13.2 Å². The van der Waals surface area contributed by atoms with Crippen molar-refractivity contribution in [3.8, 4) is 5.75 Å². The van der Waals surface area contributed by atoms with Crippen LogP contribution in [0.1, 0.15) is 32.7 Å². The minimum absolute atomic E-state index is 0.0336. The van der Waals surface area contributed by atoms with Crippen LogP contribution in [0.2, 0.25) is 0 Å². The zero-order chi connectivity index (χ0) is 19.8. The Morgan fingerprint density at radius 1 is 1.41 bits per heavy atom. The Labute approximate surface area is 162 Å². The Bertz CT molecular complexity index is 956. The molecule has 0 spiro atoms. The monoisotopic (exact) mass is 410 g/mol. The maximum Gasteiger partial charge on any atom is 0.263 e. The number of nitrogens with one attached hydrogen (secondary N) is 1. The second kappa shape index (κ2) is 7.43. The van der Waals surface area contributed by atoms with E-state index in [4.69, 9.17) is 4.74 Å². The lowest BCUT2D eigenvalue weighted by molar-refractivity contribution is -0.117. The second-order valence-electron chi connectivity index (χ2n) is 6.89. The maximum absolute atomic E-state index is 12.7. The van der Waals surface area contributed by atoms with Crippen LogP contribution in [0.15, 0.2) is 23.1 Å². The Morgan fingerprint density at radius 3 is 2.81 bits per heavy atom. The van der Waals surface area contributed by atoms with Crippen LogP contribution >= 0.6 is 11.3 Å². The molecule has 0 bridgehead atoms. The summed E-state index contributed by atoms with van der Waals surface area (Å²) >= 11 is 1.22. The van der Waals surface area contributed by atoms with Crippen LogP contribution in [0.4, 0.5) is 10.8 Å². The van der Waals surface area contributed by atoms with E-state index in [1.54, 1.807) is 6.07 Å². The molecule has 1 amide bonds. The number of rotatable bonds is 5. The topological polar surface area (TPSA) is 101 Å². The lowest BCUT2D eigenvalue weighted by Gasteiger charge is -2.33. The highest BCUT2D eigenvalue weighted by atomic mass is 32.2. The molecule has 1 unspecified atom stereocenters. The molecule has 1 aliphatic rings. The van der Waals surface area contributed by atoms with E-state index >= 15 is 0 Å². The van der Waals surface area contributed by atoms with Crippen molar-refractivity contribution in [3.63, 3.8) is 0 Å². The van der Waals surface area contributed by atoms with Gasteiger partial charge in [0.15, 0.2) is 0 Å². The quantitative estimate of drug-likeness (QED) is 0.813. The molecule has 10 heteroatoms. The van der Waals surface area contributed by atoms with Crippen molar-refractivity contribution in [3.05, 3.63) is 23.2 Å². The Balaban J connectivity index is 1.88. The van der Waals surface area contributed by atoms with Gasteiger partial charge in [0.05, 0.1) is 17.1 Å². The third kappa shape index (κ3) is 4.38. The fourth-order valence-electron chi connectivity index (χ4n) is 2.78. The fraction of sp³-hybridized carbons (Fsp3) is 0.471. The average molecular weight is 411 g/mol. The molecule has 2 aromatic rings. The molecule has 27 heavy (non-hydrogen) atoms. The summed E-state index contributed by atoms with van der Waals surface area (Å²) in [5.41, 5.74) is 0.446. The summed E-state index contributed by atoms with van der Waals surface area (Å²) in [5, 5.41) is 8.92. The fourth-order valence-corrected chi connectivity index (χ4v) is 4.98. The summed E-state index contributed by atoms with van der Waals surface area (Å²) in [4.78, 5) is 13.5. The van der Waals surface area contributed by atoms with Crippen molar-refractivity contribution in [1.29, 1.82) is 0 Å². The number of amides is 1. The molecule has 0 saturated carbocycles. The van der Waals surface area contributed by atoms with Crippen molar-refractivity contribution in [2.75, 3.05) is 16.2 Å². The van der Waals surface area contributed by atoms with Crippen molar-refractivity contribution in [1.82, 2.24) is 10.2 Å². The van der Waals surface area contributed by atoms with E-state index in [0.29, 0.717) is 23.9 Å². The summed E-state index contributed by atoms with van der Waals surface area (Å²) in [5.74, 6) is 0.720. The van der Waals surface area contributed by atoms with E-state index in [-0.39, 0.29) is 22.0 Å². The van der Waals surface area contributed by atoms with Gasteiger partial charge < -0.3 is 9.64 Å². The Kier molecular flexibility index (Phi) is 5.38. The van der Waals surface area contributed by atoms with Crippen LogP contribution in [0.3, 0.4) is 0 Å². The lowest BCUT2D eigenvalue weighted by Crippen LogP contribution is -2.41. The predicted octanol–water partition coefficient (Wildman–Crippen LogP) is 2.67. The first kappa shape index (κ1) is 19.6. The summed E-state index contributed by atoms with van der Waals surface area (Å²) in [7, 11) is -3.86. The standard InChI is InChI=1S/C17H22N4O4S2/c1-10(2)7-16-18-19-17(26-16)20-27(23,24)13-5-6-15-14(8-13)21(12(4)22)9-11(3)25-15/h5-6,8,10-11H,7,9H2,1-4H3,(H,19,20). The molecule has 1 aromatic heterocycles. The van der Waals surface area contributed by atoms with Gasteiger partial charge >= 0.3 is 0 Å². The number of carbonyl (C=O) groups is 1. The molecule has 1 atom stereocenters. The third-order valence-electron chi connectivity index (χ3n) is 3.95. The molecule has 146 valence electrons. The maximum atomic E-state index is 12.7. The van der Waals surface area contributed by atoms with Gasteiger partial charge in [0.25, 0.3) is 10.0 Å². The highest BCUT2D eigenvalue weighted by Gasteiger charge is 2.28. The van der Waals surface area contributed by atoms with Gasteiger partial charge in [-0.3, -0.25) is 9.52 Å². The molecule has 3 rings (SSSR count). The number of anilines is 2. The number of carbonyl (C=O) groups excluding carboxylic acids is 1. The van der Waals surface area contributed by atoms with Crippen molar-refractivity contribution in [2.24, 2.45) is 5.92 Å². The number of aromatic nitrogens is 2. The smallest absolute Gasteiger partial charge is 0.263 e. The zero-order valence-corrected chi connectivity index (χ0v) is 17.2. The molecular weight excluding hydrogens is 388 g/mol. The number of ether oxygens (including phenoxy) is 1. The molecular formula is C17H22N4O4S2. The van der Waals surface area contributed by atoms with Gasteiger partial charge in [-0.1, -0.05) is 25.2 Å². The van der Waals surface area contributed by atoms with Gasteiger partial charge in [0.2, 0.25) is 11.0 Å². The number of fused-ring (bicyclic) bond motifs is 1. The molecule has 0 saturated heterocycles. The number of nitrogens with zero attached hydrogens (tertiary/aromatic N) is 3. The van der Waals surface area contributed by atoms with Gasteiger partial charge in [-0.25, -0.2) is 8.42 Å². The van der Waals surface area contributed by atoms with Gasteiger partial charge in [0, 0.05) is 13.3 Å². The molecule has 8 nitrogen and oxygen atoms in total. The molecule has 0 aliphatic carbocycles. The van der Waals surface area contributed by atoms with Crippen molar-refractivity contribution in [2.45, 2.75) is 45.1 Å². The van der Waals surface area contributed by atoms with Gasteiger partial charge in [0.1, 0.15) is 16.9 Å². The first-order valence-electron chi connectivity index (χ1n) is 8.59. The number of sulfonamides is 1. The number of hydrogen-bond donors (Lipinski definition) is 1. The molecule has 1 aliphatic heterocycles. The van der Waals surface area contributed by atoms with E-state index in [0.717, 1.165) is 11.4 Å². The summed E-state index contributed by atoms with van der Waals surface area (Å²) < 4.78 is 33.7. The first-order chi connectivity index (χ1) is 12.7. The summed E-state index contributed by atoms with van der Waals surface area (Å²) in [6.45, 7) is 7.78. The SMILES string of the molecule is CC(=O)N1CC(C)Oc2ccc(S(=O)(=O)Nc3nnc(CC(C)C)s3)cc21. The minimum Gasteiger partial charge on any atom is -0.487 e. The highest BCUT2D eigenvalue weighted by Crippen LogP contribution is 2.36. The highest BCUT2D eigenvalue weighted by molar-refractivity contribution is 7.93. The third-order valence-corrected chi connectivity index (χ3v) is 6.28. The predicted molar refractivity (Wildman–Crippen MR) is 104 cm³/mol. The molecule has 1 aromatic carbocycles. The second-order valence-corrected chi connectivity index (χ2v) is 9.64. The summed E-state index contributed by atoms with van der Waals surface area (Å²) in [6.07, 6.45) is 0.573. The van der Waals surface area contributed by atoms with Crippen LogP contribution in [0, 0.1) is 5.92 Å². The largest absolute Gasteiger partial charge is 0.487 e. The Morgan fingerprint density at radius 2 is 2.15 bits per heavy atom. The van der Waals surface area contributed by atoms with Crippen LogP contribution in [0.25, 0.3) is 0 Å². The van der Waals surface area contributed by atoms with E-state index < -0.39 is 10.0 Å². The zero-order valence-electron chi connectivity index (χ0n) is 15.6. The van der Waals surface area contributed by atoms with Gasteiger partial charge in [-0.2, -0.15) is 0 Å².